The number of rotatable bonds is 4. The van der Waals surface area contributed by atoms with Gasteiger partial charge in [0.15, 0.2) is 0 Å². The minimum atomic E-state index is 0.0303. The van der Waals surface area contributed by atoms with Crippen LogP contribution in [0.3, 0.4) is 0 Å². The van der Waals surface area contributed by atoms with Crippen molar-refractivity contribution >= 4 is 29.1 Å². The minimum Gasteiger partial charge on any atom is -0.356 e. The molecule has 2 aromatic heterocycles. The Morgan fingerprint density at radius 3 is 2.74 bits per heavy atom. The van der Waals surface area contributed by atoms with Gasteiger partial charge in [-0.15, -0.1) is 0 Å². The molecule has 1 aliphatic heterocycles. The molecule has 8 heteroatoms. The highest BCUT2D eigenvalue weighted by molar-refractivity contribution is 6.30. The smallest absolute Gasteiger partial charge is 0.254 e. The van der Waals surface area contributed by atoms with Crippen LogP contribution in [-0.4, -0.2) is 38.6 Å². The predicted octanol–water partition coefficient (Wildman–Crippen LogP) is 2.62. The number of piperidine rings is 1. The molecule has 0 atom stereocenters. The summed E-state index contributed by atoms with van der Waals surface area (Å²) in [7, 11) is 0. The van der Waals surface area contributed by atoms with Gasteiger partial charge in [-0.05, 0) is 37.5 Å². The summed E-state index contributed by atoms with van der Waals surface area (Å²) >= 11 is 5.89. The number of amides is 1. The number of nitrogens with one attached hydrogen (secondary N) is 1. The molecule has 0 aliphatic carbocycles. The third-order valence-corrected chi connectivity index (χ3v) is 5.18. The van der Waals surface area contributed by atoms with Crippen LogP contribution in [0.15, 0.2) is 36.7 Å². The van der Waals surface area contributed by atoms with Gasteiger partial charge in [0, 0.05) is 42.3 Å². The van der Waals surface area contributed by atoms with Gasteiger partial charge in [0.25, 0.3) is 5.78 Å². The Bertz CT molecular complexity index is 946. The SMILES string of the molecule is Cc1cc(N2CCC(C(=O)NCc3ccc(Cl)cc3)CC2)n2ncnc2n1. The lowest BCUT2D eigenvalue weighted by atomic mass is 9.95. The van der Waals surface area contributed by atoms with E-state index in [2.05, 4.69) is 25.3 Å². The van der Waals surface area contributed by atoms with E-state index < -0.39 is 0 Å². The zero-order valence-electron chi connectivity index (χ0n) is 15.1. The van der Waals surface area contributed by atoms with Crippen LogP contribution in [0.1, 0.15) is 24.1 Å². The van der Waals surface area contributed by atoms with E-state index in [0.29, 0.717) is 17.3 Å². The first-order valence-corrected chi connectivity index (χ1v) is 9.42. The van der Waals surface area contributed by atoms with Crippen LogP contribution in [0.4, 0.5) is 5.82 Å². The van der Waals surface area contributed by atoms with E-state index in [-0.39, 0.29) is 11.8 Å². The lowest BCUT2D eigenvalue weighted by molar-refractivity contribution is -0.125. The molecule has 0 saturated carbocycles. The molecule has 0 radical (unpaired) electrons. The Hall–Kier alpha value is -2.67. The summed E-state index contributed by atoms with van der Waals surface area (Å²) in [5.74, 6) is 1.73. The monoisotopic (exact) mass is 384 g/mol. The molecule has 1 saturated heterocycles. The number of aryl methyl sites for hydroxylation is 1. The van der Waals surface area contributed by atoms with Crippen molar-refractivity contribution in [3.05, 3.63) is 52.9 Å². The number of carbonyl (C=O) groups excluding carboxylic acids is 1. The van der Waals surface area contributed by atoms with Crippen molar-refractivity contribution in [2.75, 3.05) is 18.0 Å². The zero-order valence-corrected chi connectivity index (χ0v) is 15.9. The molecule has 27 heavy (non-hydrogen) atoms. The molecule has 7 nitrogen and oxygen atoms in total. The van der Waals surface area contributed by atoms with Crippen molar-refractivity contribution in [2.45, 2.75) is 26.3 Å². The molecule has 1 aromatic carbocycles. The fourth-order valence-electron chi connectivity index (χ4n) is 3.44. The van der Waals surface area contributed by atoms with Crippen molar-refractivity contribution in [1.82, 2.24) is 24.9 Å². The molecule has 1 fully saturated rings. The van der Waals surface area contributed by atoms with Gasteiger partial charge in [0.05, 0.1) is 0 Å². The van der Waals surface area contributed by atoms with E-state index in [0.717, 1.165) is 43.0 Å². The van der Waals surface area contributed by atoms with Crippen LogP contribution in [0, 0.1) is 12.8 Å². The van der Waals surface area contributed by atoms with E-state index in [9.17, 15) is 4.79 Å². The third kappa shape index (κ3) is 3.88. The Kier molecular flexibility index (Phi) is 4.94. The summed E-state index contributed by atoms with van der Waals surface area (Å²) < 4.78 is 1.76. The Balaban J connectivity index is 1.36. The second kappa shape index (κ2) is 7.52. The van der Waals surface area contributed by atoms with Gasteiger partial charge < -0.3 is 10.2 Å². The first-order chi connectivity index (χ1) is 13.1. The van der Waals surface area contributed by atoms with Crippen LogP contribution in [0.25, 0.3) is 5.78 Å². The standard InChI is InChI=1S/C19H21ClN6O/c1-13-10-17(26-19(24-13)22-12-23-26)25-8-6-15(7-9-25)18(27)21-11-14-2-4-16(20)5-3-14/h2-5,10,12,15H,6-9,11H2,1H3,(H,21,27). The highest BCUT2D eigenvalue weighted by atomic mass is 35.5. The first-order valence-electron chi connectivity index (χ1n) is 9.04. The molecular formula is C19H21ClN6O. The molecule has 1 aliphatic rings. The summed E-state index contributed by atoms with van der Waals surface area (Å²) in [6.07, 6.45) is 3.14. The number of halogens is 1. The largest absolute Gasteiger partial charge is 0.356 e. The van der Waals surface area contributed by atoms with E-state index in [1.165, 1.54) is 6.33 Å². The van der Waals surface area contributed by atoms with E-state index in [1.54, 1.807) is 4.52 Å². The average Bonchev–Trinajstić information content (AvgIpc) is 3.15. The van der Waals surface area contributed by atoms with Gasteiger partial charge in [-0.3, -0.25) is 4.79 Å². The lowest BCUT2D eigenvalue weighted by Crippen LogP contribution is -2.41. The van der Waals surface area contributed by atoms with E-state index in [4.69, 9.17) is 11.6 Å². The highest BCUT2D eigenvalue weighted by Crippen LogP contribution is 2.24. The maximum absolute atomic E-state index is 12.5. The molecular weight excluding hydrogens is 364 g/mol. The molecule has 4 rings (SSSR count). The molecule has 0 unspecified atom stereocenters. The number of nitrogens with zero attached hydrogens (tertiary/aromatic N) is 5. The van der Waals surface area contributed by atoms with Crippen molar-refractivity contribution in [2.24, 2.45) is 5.92 Å². The van der Waals surface area contributed by atoms with Crippen LogP contribution < -0.4 is 10.2 Å². The van der Waals surface area contributed by atoms with E-state index in [1.807, 2.05) is 37.3 Å². The first kappa shape index (κ1) is 17.7. The van der Waals surface area contributed by atoms with Crippen LogP contribution >= 0.6 is 11.6 Å². The second-order valence-electron chi connectivity index (χ2n) is 6.83. The van der Waals surface area contributed by atoms with Gasteiger partial charge in [-0.25, -0.2) is 4.98 Å². The maximum atomic E-state index is 12.5. The number of anilines is 1. The average molecular weight is 385 g/mol. The van der Waals surface area contributed by atoms with E-state index >= 15 is 0 Å². The van der Waals surface area contributed by atoms with Gasteiger partial charge in [0.1, 0.15) is 12.1 Å². The summed E-state index contributed by atoms with van der Waals surface area (Å²) in [6.45, 7) is 4.09. The zero-order chi connectivity index (χ0) is 18.8. The number of aromatic nitrogens is 4. The van der Waals surface area contributed by atoms with Crippen LogP contribution in [0.5, 0.6) is 0 Å². The number of hydrogen-bond acceptors (Lipinski definition) is 5. The molecule has 0 bridgehead atoms. The summed E-state index contributed by atoms with van der Waals surface area (Å²) in [5.41, 5.74) is 1.96. The molecule has 1 N–H and O–H groups in total. The fraction of sp³-hybridized carbons (Fsp3) is 0.368. The number of hydrogen-bond donors (Lipinski definition) is 1. The Morgan fingerprint density at radius 1 is 1.26 bits per heavy atom. The van der Waals surface area contributed by atoms with Gasteiger partial charge in [0.2, 0.25) is 5.91 Å². The molecule has 3 aromatic rings. The highest BCUT2D eigenvalue weighted by Gasteiger charge is 2.26. The van der Waals surface area contributed by atoms with Crippen molar-refractivity contribution in [3.63, 3.8) is 0 Å². The molecule has 3 heterocycles. The Labute approximate surface area is 162 Å². The topological polar surface area (TPSA) is 75.4 Å². The van der Waals surface area contributed by atoms with Crippen LogP contribution in [0.2, 0.25) is 5.02 Å². The third-order valence-electron chi connectivity index (χ3n) is 4.93. The number of carbonyl (C=O) groups is 1. The van der Waals surface area contributed by atoms with Crippen molar-refractivity contribution in [1.29, 1.82) is 0 Å². The van der Waals surface area contributed by atoms with Gasteiger partial charge in [-0.1, -0.05) is 23.7 Å². The predicted molar refractivity (Wildman–Crippen MR) is 104 cm³/mol. The molecule has 0 spiro atoms. The van der Waals surface area contributed by atoms with Crippen molar-refractivity contribution in [3.8, 4) is 0 Å². The number of benzene rings is 1. The maximum Gasteiger partial charge on any atom is 0.254 e. The lowest BCUT2D eigenvalue weighted by Gasteiger charge is -2.32. The van der Waals surface area contributed by atoms with Gasteiger partial charge >= 0.3 is 0 Å². The quantitative estimate of drug-likeness (QED) is 0.748. The summed E-state index contributed by atoms with van der Waals surface area (Å²) in [6, 6.07) is 9.55. The van der Waals surface area contributed by atoms with Crippen LogP contribution in [-0.2, 0) is 11.3 Å². The van der Waals surface area contributed by atoms with Gasteiger partial charge in [-0.2, -0.15) is 14.6 Å². The summed E-state index contributed by atoms with van der Waals surface area (Å²) in [5, 5.41) is 8.01. The number of fused-ring (bicyclic) bond motifs is 1. The minimum absolute atomic E-state index is 0.0303. The second-order valence-corrected chi connectivity index (χ2v) is 7.27. The Morgan fingerprint density at radius 2 is 2.00 bits per heavy atom. The molecule has 1 amide bonds. The van der Waals surface area contributed by atoms with Crippen molar-refractivity contribution < 1.29 is 4.79 Å². The fourth-order valence-corrected chi connectivity index (χ4v) is 3.57. The normalized spacial score (nSPS) is 15.3. The summed E-state index contributed by atoms with van der Waals surface area (Å²) in [4.78, 5) is 23.3. The molecule has 140 valence electrons.